The summed E-state index contributed by atoms with van der Waals surface area (Å²) < 4.78 is 42.8. The van der Waals surface area contributed by atoms with Crippen molar-refractivity contribution in [2.75, 3.05) is 59.8 Å². The van der Waals surface area contributed by atoms with Crippen LogP contribution in [0, 0.1) is 39.9 Å². The van der Waals surface area contributed by atoms with E-state index in [4.69, 9.17) is 35.3 Å². The number of aryl methyl sites for hydroxylation is 2. The molecule has 2 aliphatic heterocycles. The van der Waals surface area contributed by atoms with E-state index in [0.717, 1.165) is 29.5 Å². The maximum absolute atomic E-state index is 15.4. The largest absolute Gasteiger partial charge is 0.496 e. The van der Waals surface area contributed by atoms with Crippen molar-refractivity contribution in [2.24, 2.45) is 0 Å². The topological polar surface area (TPSA) is 212 Å². The van der Waals surface area contributed by atoms with Crippen LogP contribution in [0.4, 0.5) is 14.0 Å². The lowest BCUT2D eigenvalue weighted by Crippen LogP contribution is -2.65. The van der Waals surface area contributed by atoms with Crippen LogP contribution in [0.1, 0.15) is 80.0 Å². The fourth-order valence-electron chi connectivity index (χ4n) is 8.34. The van der Waals surface area contributed by atoms with Gasteiger partial charge in [0.05, 0.1) is 63.9 Å². The number of halogens is 2. The molecule has 19 nitrogen and oxygen atoms in total. The molecule has 21 heteroatoms. The van der Waals surface area contributed by atoms with Gasteiger partial charge in [0.15, 0.2) is 11.6 Å². The third-order valence-corrected chi connectivity index (χ3v) is 12.0. The number of carbonyl (C=O) groups excluding carboxylic acids is 3. The molecular formula is C47H57ClFN5O14. The first-order valence-corrected chi connectivity index (χ1v) is 23.0. The second kappa shape index (κ2) is 24.5. The summed E-state index contributed by atoms with van der Waals surface area (Å²) >= 11 is 6.17. The summed E-state index contributed by atoms with van der Waals surface area (Å²) in [5, 5.41) is 19.6. The van der Waals surface area contributed by atoms with E-state index in [1.165, 1.54) is 15.9 Å². The van der Waals surface area contributed by atoms with Crippen LogP contribution in [0.3, 0.4) is 0 Å². The van der Waals surface area contributed by atoms with E-state index in [-0.39, 0.29) is 101 Å². The zero-order valence-corrected chi connectivity index (χ0v) is 39.1. The Bertz CT molecular complexity index is 2270. The number of ether oxygens (including phenoxy) is 5. The molecule has 1 saturated carbocycles. The minimum absolute atomic E-state index is 0.0183. The molecule has 368 valence electrons. The van der Waals surface area contributed by atoms with E-state index >= 15 is 4.79 Å². The Labute approximate surface area is 398 Å². The highest BCUT2D eigenvalue weighted by atomic mass is 35.5. The molecule has 2 heterocycles. The molecule has 3 aromatic rings. The highest BCUT2D eigenvalue weighted by molar-refractivity contribution is 6.32. The van der Waals surface area contributed by atoms with Crippen molar-refractivity contribution in [3.8, 4) is 17.2 Å². The van der Waals surface area contributed by atoms with Gasteiger partial charge < -0.3 is 43.2 Å². The molecule has 0 spiro atoms. The maximum Gasteiger partial charge on any atom is 0.410 e. The highest BCUT2D eigenvalue weighted by Gasteiger charge is 2.50. The molecule has 0 radical (unpaired) electrons. The van der Waals surface area contributed by atoms with E-state index in [9.17, 15) is 34.2 Å². The van der Waals surface area contributed by atoms with E-state index in [1.54, 1.807) is 32.2 Å². The Kier molecular flexibility index (Phi) is 18.3. The number of carbonyl (C=O) groups is 3. The molecule has 2 bridgehead atoms. The Morgan fingerprint density at radius 3 is 2.01 bits per heavy atom. The van der Waals surface area contributed by atoms with Crippen LogP contribution in [0.2, 0.25) is 5.02 Å². The maximum atomic E-state index is 15.4. The van der Waals surface area contributed by atoms with Crippen molar-refractivity contribution in [1.82, 2.24) is 14.7 Å². The summed E-state index contributed by atoms with van der Waals surface area (Å²) in [4.78, 5) is 78.0. The molecule has 2 atom stereocenters. The molecule has 3 aliphatic rings. The lowest BCUT2D eigenvalue weighted by molar-refractivity contribution is -0.757. The van der Waals surface area contributed by atoms with E-state index in [2.05, 4.69) is 9.68 Å². The van der Waals surface area contributed by atoms with Crippen LogP contribution in [-0.4, -0.2) is 121 Å². The minimum atomic E-state index is -0.975. The van der Waals surface area contributed by atoms with Gasteiger partial charge in [0.1, 0.15) is 11.5 Å². The van der Waals surface area contributed by atoms with Crippen molar-refractivity contribution in [3.63, 3.8) is 0 Å². The smallest absolute Gasteiger partial charge is 0.410 e. The molecule has 3 amide bonds. The summed E-state index contributed by atoms with van der Waals surface area (Å²) in [6.45, 7) is 4.05. The predicted octanol–water partition coefficient (Wildman–Crippen LogP) is 8.30. The monoisotopic (exact) mass is 969 g/mol. The van der Waals surface area contributed by atoms with Crippen LogP contribution in [0.15, 0.2) is 60.2 Å². The molecule has 6 rings (SSSR count). The van der Waals surface area contributed by atoms with Gasteiger partial charge in [-0.15, -0.1) is 20.2 Å². The fourth-order valence-corrected chi connectivity index (χ4v) is 8.65. The van der Waals surface area contributed by atoms with Crippen LogP contribution in [0.25, 0.3) is 5.57 Å². The summed E-state index contributed by atoms with van der Waals surface area (Å²) in [5.41, 5.74) is 4.23. The lowest BCUT2D eigenvalue weighted by atomic mass is 9.81. The first kappa shape index (κ1) is 50.8. The molecule has 1 saturated heterocycles. The van der Waals surface area contributed by atoms with E-state index in [1.807, 2.05) is 42.2 Å². The Morgan fingerprint density at radius 1 is 0.794 bits per heavy atom. The van der Waals surface area contributed by atoms with Gasteiger partial charge in [0.2, 0.25) is 0 Å². The number of amides is 3. The van der Waals surface area contributed by atoms with Gasteiger partial charge in [-0.05, 0) is 130 Å². The second-order valence-electron chi connectivity index (χ2n) is 16.8. The summed E-state index contributed by atoms with van der Waals surface area (Å²) in [6, 6.07) is 14.4. The van der Waals surface area contributed by atoms with Crippen molar-refractivity contribution in [1.29, 1.82) is 0 Å². The highest BCUT2D eigenvalue weighted by Crippen LogP contribution is 2.42. The van der Waals surface area contributed by atoms with Crippen LogP contribution < -0.4 is 14.2 Å². The van der Waals surface area contributed by atoms with Gasteiger partial charge in [0, 0.05) is 31.2 Å². The van der Waals surface area contributed by atoms with Crippen LogP contribution >= 0.6 is 11.6 Å². The normalized spacial score (nSPS) is 16.4. The minimum Gasteiger partial charge on any atom is -0.496 e. The molecule has 3 aromatic carbocycles. The average Bonchev–Trinajstić information content (AvgIpc) is 4.14. The summed E-state index contributed by atoms with van der Waals surface area (Å²) in [6.07, 6.45) is 2.65. The third kappa shape index (κ3) is 14.0. The third-order valence-electron chi connectivity index (χ3n) is 11.7. The standard InChI is InChI=1S/C47H57ClFN5O14/c1-31-24-39(48)44(40(49)25-31)64-19-5-4-18-63-37-15-11-34(12-16-37)38-27-36-29-50(46(56)65-20-6-8-22-67-53(58)59)30-41(52(36)47(57)66-21-7-9-23-68-54(60)61)43(38)45(55)51(35-13-14-35)28-33-10-17-42(62-3)32(2)26-33/h10-12,15-17,24-26,35-36,41H,4-9,13-14,18-23,27-30H2,1-3H3. The van der Waals surface area contributed by atoms with Crippen molar-refractivity contribution in [3.05, 3.63) is 113 Å². The van der Waals surface area contributed by atoms with Gasteiger partial charge >= 0.3 is 12.2 Å². The Balaban J connectivity index is 1.25. The molecule has 2 unspecified atom stereocenters. The van der Waals surface area contributed by atoms with Gasteiger partial charge in [0.25, 0.3) is 16.1 Å². The molecule has 2 fully saturated rings. The SMILES string of the molecule is COc1ccc(CN(C(=O)C2=C(c3ccc(OCCCCOc4c(F)cc(C)cc4Cl)cc3)CC3CN(C(=O)OCCCCO[N+](=O)[O-])CC2N3C(=O)OCCCCO[N+](=O)[O-])C2CC2)cc1C. The number of benzene rings is 3. The molecule has 1 aliphatic carbocycles. The number of nitrogens with zero attached hydrogens (tertiary/aromatic N) is 5. The van der Waals surface area contributed by atoms with Crippen LogP contribution in [-0.2, 0) is 30.5 Å². The molecule has 0 N–H and O–H groups in total. The van der Waals surface area contributed by atoms with Gasteiger partial charge in [-0.1, -0.05) is 35.9 Å². The zero-order chi connectivity index (χ0) is 48.7. The van der Waals surface area contributed by atoms with Gasteiger partial charge in [-0.3, -0.25) is 9.69 Å². The second-order valence-corrected chi connectivity index (χ2v) is 17.2. The fraction of sp³-hybridized carbons (Fsp3) is 0.511. The number of unbranched alkanes of at least 4 members (excludes halogenated alkanes) is 3. The quantitative estimate of drug-likeness (QED) is 0.0444. The van der Waals surface area contributed by atoms with E-state index in [0.29, 0.717) is 54.1 Å². The number of hydrogen-bond acceptors (Lipinski definition) is 14. The van der Waals surface area contributed by atoms with Crippen LogP contribution in [0.5, 0.6) is 17.2 Å². The average molecular weight is 970 g/mol. The molecular weight excluding hydrogens is 913 g/mol. The number of rotatable bonds is 25. The summed E-state index contributed by atoms with van der Waals surface area (Å²) in [7, 11) is 1.59. The van der Waals surface area contributed by atoms with Gasteiger partial charge in [-0.2, -0.15) is 0 Å². The Morgan fingerprint density at radius 2 is 1.41 bits per heavy atom. The summed E-state index contributed by atoms with van der Waals surface area (Å²) in [5.74, 6) is 0.486. The predicted molar refractivity (Wildman–Crippen MR) is 244 cm³/mol. The molecule has 0 aromatic heterocycles. The number of piperazine rings is 1. The first-order chi connectivity index (χ1) is 32.7. The number of fused-ring (bicyclic) bond motifs is 2. The van der Waals surface area contributed by atoms with Crippen molar-refractivity contribution < 1.29 is 62.3 Å². The van der Waals surface area contributed by atoms with Crippen molar-refractivity contribution in [2.45, 2.75) is 96.3 Å². The Hall–Kier alpha value is -6.57. The molecule has 68 heavy (non-hydrogen) atoms. The van der Waals surface area contributed by atoms with E-state index < -0.39 is 40.3 Å². The zero-order valence-electron chi connectivity index (χ0n) is 38.4. The first-order valence-electron chi connectivity index (χ1n) is 22.6. The number of hydrogen-bond donors (Lipinski definition) is 0. The van der Waals surface area contributed by atoms with Gasteiger partial charge in [-0.25, -0.2) is 14.0 Å². The lowest BCUT2D eigenvalue weighted by Gasteiger charge is -2.50. The number of methoxy groups -OCH3 is 1. The van der Waals surface area contributed by atoms with Crippen molar-refractivity contribution >= 4 is 35.3 Å².